The highest BCUT2D eigenvalue weighted by Gasteiger charge is 2.19. The van der Waals surface area contributed by atoms with Crippen LogP contribution in [-0.2, 0) is 19.6 Å². The fourth-order valence-electron chi connectivity index (χ4n) is 1.58. The summed E-state index contributed by atoms with van der Waals surface area (Å²) in [6.45, 7) is 3.36. The minimum absolute atomic E-state index is 0.0162. The molecule has 24 heavy (non-hydrogen) atoms. The third-order valence-corrected chi connectivity index (χ3v) is 4.60. The van der Waals surface area contributed by atoms with E-state index in [0.717, 1.165) is 4.31 Å². The second kappa shape index (κ2) is 7.88. The van der Waals surface area contributed by atoms with Gasteiger partial charge in [0, 0.05) is 25.7 Å². The maximum Gasteiger partial charge on any atom is 0.327 e. The van der Waals surface area contributed by atoms with Crippen molar-refractivity contribution in [1.82, 2.24) is 20.5 Å². The number of sulfonamides is 1. The molecule has 9 nitrogen and oxygen atoms in total. The first-order valence-corrected chi connectivity index (χ1v) is 8.43. The molecule has 0 bridgehead atoms. The van der Waals surface area contributed by atoms with Crippen molar-refractivity contribution in [2.75, 3.05) is 14.1 Å². The van der Waals surface area contributed by atoms with Gasteiger partial charge in [-0.1, -0.05) is 6.07 Å². The third-order valence-electron chi connectivity index (χ3n) is 2.79. The van der Waals surface area contributed by atoms with Crippen molar-refractivity contribution in [1.29, 1.82) is 0 Å². The Bertz CT molecular complexity index is 743. The summed E-state index contributed by atoms with van der Waals surface area (Å²) in [7, 11) is -0.948. The smallest absolute Gasteiger partial charge is 0.327 e. The first kappa shape index (κ1) is 19.6. The molecule has 0 heterocycles. The molecule has 3 N–H and O–H groups in total. The van der Waals surface area contributed by atoms with Gasteiger partial charge in [-0.05, 0) is 32.0 Å². The lowest BCUT2D eigenvalue weighted by molar-refractivity contribution is -0.139. The summed E-state index contributed by atoms with van der Waals surface area (Å²) in [5.74, 6) is -2.68. The van der Waals surface area contributed by atoms with Crippen LogP contribution in [0, 0.1) is 0 Å². The van der Waals surface area contributed by atoms with E-state index in [1.807, 2.05) is 5.43 Å². The summed E-state index contributed by atoms with van der Waals surface area (Å²) in [4.78, 5) is 34.8. The number of nitrogens with one attached hydrogen (secondary N) is 3. The molecule has 0 aliphatic carbocycles. The van der Waals surface area contributed by atoms with Crippen molar-refractivity contribution in [3.05, 3.63) is 29.8 Å². The summed E-state index contributed by atoms with van der Waals surface area (Å²) in [5, 5.41) is 2.36. The van der Waals surface area contributed by atoms with Crippen LogP contribution in [-0.4, -0.2) is 50.6 Å². The largest absolute Gasteiger partial charge is 0.346 e. The molecule has 0 radical (unpaired) electrons. The van der Waals surface area contributed by atoms with E-state index in [2.05, 4.69) is 10.7 Å². The predicted octanol–water partition coefficient (Wildman–Crippen LogP) is -0.777. The quantitative estimate of drug-likeness (QED) is 0.482. The molecule has 0 spiro atoms. The van der Waals surface area contributed by atoms with Gasteiger partial charge in [0.15, 0.2) is 0 Å². The van der Waals surface area contributed by atoms with Crippen molar-refractivity contribution in [2.45, 2.75) is 24.8 Å². The van der Waals surface area contributed by atoms with E-state index < -0.39 is 27.7 Å². The van der Waals surface area contributed by atoms with Crippen molar-refractivity contribution in [2.24, 2.45) is 0 Å². The van der Waals surface area contributed by atoms with Crippen LogP contribution in [0.4, 0.5) is 0 Å². The Balaban J connectivity index is 2.80. The summed E-state index contributed by atoms with van der Waals surface area (Å²) in [5.41, 5.74) is 4.03. The summed E-state index contributed by atoms with van der Waals surface area (Å²) in [6.07, 6.45) is 0. The van der Waals surface area contributed by atoms with Crippen LogP contribution in [0.3, 0.4) is 0 Å². The van der Waals surface area contributed by atoms with Crippen LogP contribution in [0.5, 0.6) is 0 Å². The van der Waals surface area contributed by atoms with Gasteiger partial charge in [0.25, 0.3) is 5.91 Å². The number of nitrogens with zero attached hydrogens (tertiary/aromatic N) is 1. The van der Waals surface area contributed by atoms with E-state index in [1.54, 1.807) is 13.8 Å². The maximum atomic E-state index is 12.0. The van der Waals surface area contributed by atoms with Crippen molar-refractivity contribution in [3.63, 3.8) is 0 Å². The van der Waals surface area contributed by atoms with E-state index in [1.165, 1.54) is 38.4 Å². The van der Waals surface area contributed by atoms with Crippen LogP contribution >= 0.6 is 0 Å². The van der Waals surface area contributed by atoms with Crippen LogP contribution in [0.15, 0.2) is 29.2 Å². The average molecular weight is 356 g/mol. The second-order valence-corrected chi connectivity index (χ2v) is 7.50. The lowest BCUT2D eigenvalue weighted by Gasteiger charge is -2.12. The molecule has 3 amide bonds. The fraction of sp³-hybridized carbons (Fsp3) is 0.357. The number of hydrogen-bond donors (Lipinski definition) is 3. The molecule has 0 fully saturated rings. The summed E-state index contributed by atoms with van der Waals surface area (Å²) in [6, 6.07) is 5.07. The number of hydrogen-bond acceptors (Lipinski definition) is 5. The Morgan fingerprint density at radius 3 is 2.21 bits per heavy atom. The first-order chi connectivity index (χ1) is 11.1. The number of amides is 3. The minimum Gasteiger partial charge on any atom is -0.346 e. The van der Waals surface area contributed by atoms with Crippen LogP contribution in [0.1, 0.15) is 24.2 Å². The molecule has 1 aromatic carbocycles. The van der Waals surface area contributed by atoms with Gasteiger partial charge in [0.1, 0.15) is 0 Å². The molecular weight excluding hydrogens is 336 g/mol. The first-order valence-electron chi connectivity index (χ1n) is 6.99. The van der Waals surface area contributed by atoms with Gasteiger partial charge in [-0.3, -0.25) is 25.2 Å². The van der Waals surface area contributed by atoms with Crippen molar-refractivity contribution in [3.8, 4) is 0 Å². The number of benzene rings is 1. The molecule has 0 aliphatic heterocycles. The zero-order valence-electron chi connectivity index (χ0n) is 13.8. The molecule has 0 atom stereocenters. The Morgan fingerprint density at radius 1 is 1.04 bits per heavy atom. The molecule has 0 saturated heterocycles. The molecular formula is C14H20N4O5S. The van der Waals surface area contributed by atoms with E-state index in [4.69, 9.17) is 0 Å². The lowest BCUT2D eigenvalue weighted by Crippen LogP contribution is -2.49. The van der Waals surface area contributed by atoms with Gasteiger partial charge in [-0.2, -0.15) is 0 Å². The molecule has 0 aliphatic rings. The van der Waals surface area contributed by atoms with E-state index in [-0.39, 0.29) is 16.5 Å². The predicted molar refractivity (Wildman–Crippen MR) is 86.2 cm³/mol. The highest BCUT2D eigenvalue weighted by atomic mass is 32.2. The second-order valence-electron chi connectivity index (χ2n) is 5.35. The number of carbonyl (C=O) groups excluding carboxylic acids is 3. The van der Waals surface area contributed by atoms with Gasteiger partial charge in [0.05, 0.1) is 4.90 Å². The Kier molecular flexibility index (Phi) is 6.43. The van der Waals surface area contributed by atoms with E-state index in [9.17, 15) is 22.8 Å². The Hall–Kier alpha value is -2.46. The Morgan fingerprint density at radius 2 is 1.67 bits per heavy atom. The summed E-state index contributed by atoms with van der Waals surface area (Å²) >= 11 is 0. The van der Waals surface area contributed by atoms with Crippen LogP contribution < -0.4 is 16.2 Å². The zero-order valence-corrected chi connectivity index (χ0v) is 14.6. The molecule has 1 aromatic rings. The van der Waals surface area contributed by atoms with Gasteiger partial charge < -0.3 is 5.32 Å². The molecule has 0 saturated carbocycles. The Labute approximate surface area is 140 Å². The number of hydrazine groups is 1. The molecule has 10 heteroatoms. The average Bonchev–Trinajstić information content (AvgIpc) is 2.51. The van der Waals surface area contributed by atoms with Gasteiger partial charge in [-0.25, -0.2) is 12.7 Å². The van der Waals surface area contributed by atoms with Gasteiger partial charge >= 0.3 is 11.8 Å². The van der Waals surface area contributed by atoms with Crippen LogP contribution in [0.25, 0.3) is 0 Å². The standard InChI is InChI=1S/C14H20N4O5S/c1-9(2)15-13(20)14(21)17-16-12(19)10-6-5-7-11(8-10)24(22,23)18(3)4/h5-9H,1-4H3,(H,15,20)(H,16,19)(H,17,21). The third kappa shape index (κ3) is 5.03. The monoisotopic (exact) mass is 356 g/mol. The number of rotatable bonds is 4. The van der Waals surface area contributed by atoms with Crippen molar-refractivity contribution >= 4 is 27.7 Å². The van der Waals surface area contributed by atoms with E-state index >= 15 is 0 Å². The maximum absolute atomic E-state index is 12.0. The van der Waals surface area contributed by atoms with Crippen LogP contribution in [0.2, 0.25) is 0 Å². The molecule has 0 unspecified atom stereocenters. The SMILES string of the molecule is CC(C)NC(=O)C(=O)NNC(=O)c1cccc(S(=O)(=O)N(C)C)c1. The molecule has 0 aromatic heterocycles. The van der Waals surface area contributed by atoms with Gasteiger partial charge in [-0.15, -0.1) is 0 Å². The minimum atomic E-state index is -3.69. The summed E-state index contributed by atoms with van der Waals surface area (Å²) < 4.78 is 25.1. The van der Waals surface area contributed by atoms with Gasteiger partial charge in [0.2, 0.25) is 10.0 Å². The highest BCUT2D eigenvalue weighted by molar-refractivity contribution is 7.89. The molecule has 132 valence electrons. The lowest BCUT2D eigenvalue weighted by atomic mass is 10.2. The van der Waals surface area contributed by atoms with E-state index in [0.29, 0.717) is 0 Å². The highest BCUT2D eigenvalue weighted by Crippen LogP contribution is 2.14. The zero-order chi connectivity index (χ0) is 18.5. The topological polar surface area (TPSA) is 125 Å². The molecule has 1 rings (SSSR count). The van der Waals surface area contributed by atoms with Crippen molar-refractivity contribution < 1.29 is 22.8 Å². The number of carbonyl (C=O) groups is 3. The fourth-order valence-corrected chi connectivity index (χ4v) is 2.53. The normalized spacial score (nSPS) is 11.2.